The average Bonchev–Trinajstić information content (AvgIpc) is 3.07. The molecule has 1 aliphatic rings. The van der Waals surface area contributed by atoms with E-state index >= 15 is 0 Å². The third kappa shape index (κ3) is 3.00. The minimum Gasteiger partial charge on any atom is -0.367 e. The van der Waals surface area contributed by atoms with Crippen LogP contribution in [0.1, 0.15) is 31.6 Å². The largest absolute Gasteiger partial charge is 0.367 e. The maximum atomic E-state index is 13.1. The number of benzene rings is 1. The van der Waals surface area contributed by atoms with E-state index in [9.17, 15) is 18.0 Å². The number of rotatable bonds is 6. The number of carbonyl (C=O) groups excluding carboxylic acids is 1. The fraction of sp³-hybridized carbons (Fsp3) is 0.389. The Labute approximate surface area is 171 Å². The van der Waals surface area contributed by atoms with Crippen LogP contribution in [0.25, 0.3) is 11.0 Å². The second-order valence-electron chi connectivity index (χ2n) is 7.80. The number of hydrogen-bond donors (Lipinski definition) is 2. The number of imidazole rings is 1. The van der Waals surface area contributed by atoms with Gasteiger partial charge in [-0.1, -0.05) is 0 Å². The molecule has 1 aliphatic carbocycles. The molecule has 11 heteroatoms. The summed E-state index contributed by atoms with van der Waals surface area (Å²) in [5.41, 5.74) is 5.62. The minimum absolute atomic E-state index is 0.0219. The van der Waals surface area contributed by atoms with Crippen LogP contribution in [-0.2, 0) is 27.4 Å². The van der Waals surface area contributed by atoms with Gasteiger partial charge < -0.3 is 5.73 Å². The Balaban J connectivity index is 1.98. The van der Waals surface area contributed by atoms with Crippen LogP contribution in [0.3, 0.4) is 0 Å². The Morgan fingerprint density at radius 2 is 2.03 bits per heavy atom. The van der Waals surface area contributed by atoms with Gasteiger partial charge in [-0.3, -0.25) is 18.9 Å². The van der Waals surface area contributed by atoms with Gasteiger partial charge in [0.1, 0.15) is 0 Å². The molecule has 1 atom stereocenters. The van der Waals surface area contributed by atoms with Gasteiger partial charge in [-0.2, -0.15) is 0 Å². The molecule has 0 saturated heterocycles. The van der Waals surface area contributed by atoms with Crippen LogP contribution >= 0.6 is 11.3 Å². The summed E-state index contributed by atoms with van der Waals surface area (Å²) in [5, 5.41) is 0. The van der Waals surface area contributed by atoms with Crippen LogP contribution in [0.2, 0.25) is 0 Å². The van der Waals surface area contributed by atoms with E-state index in [-0.39, 0.29) is 4.90 Å². The highest BCUT2D eigenvalue weighted by atomic mass is 32.2. The van der Waals surface area contributed by atoms with Gasteiger partial charge in [-0.25, -0.2) is 17.9 Å². The van der Waals surface area contributed by atoms with Crippen molar-refractivity contribution in [1.29, 1.82) is 0 Å². The highest BCUT2D eigenvalue weighted by Crippen LogP contribution is 2.36. The number of nitrogens with one attached hydrogen (secondary N) is 1. The lowest BCUT2D eigenvalue weighted by Gasteiger charge is -2.26. The van der Waals surface area contributed by atoms with Crippen LogP contribution < -0.4 is 16.1 Å². The van der Waals surface area contributed by atoms with Crippen molar-refractivity contribution in [3.8, 4) is 0 Å². The Bertz CT molecular complexity index is 1290. The number of hydrogen-bond acceptors (Lipinski definition) is 6. The maximum Gasteiger partial charge on any atom is 0.330 e. The number of fused-ring (bicyclic) bond motifs is 1. The van der Waals surface area contributed by atoms with E-state index in [1.807, 2.05) is 6.92 Å². The number of aromatic nitrogens is 3. The molecule has 1 fully saturated rings. The standard InChI is InChI=1S/C18H21N5O4S2/c1-17(6-7-17)21-29(26,27)11-4-5-12-13(8-11)23(16(25)22(12)3)18(2,15(19)24)14-9-20-10-28-14/h4-5,8-10,21H,6-7H2,1-3H3,(H2,19,24). The molecule has 154 valence electrons. The topological polar surface area (TPSA) is 129 Å². The zero-order valence-corrected chi connectivity index (χ0v) is 17.8. The molecule has 0 radical (unpaired) electrons. The molecule has 1 saturated carbocycles. The number of aryl methyl sites for hydroxylation is 1. The van der Waals surface area contributed by atoms with Gasteiger partial charge in [-0.15, -0.1) is 11.3 Å². The molecule has 1 unspecified atom stereocenters. The molecule has 3 N–H and O–H groups in total. The lowest BCUT2D eigenvalue weighted by atomic mass is 9.99. The zero-order valence-electron chi connectivity index (χ0n) is 16.2. The Morgan fingerprint density at radius 3 is 2.59 bits per heavy atom. The highest BCUT2D eigenvalue weighted by Gasteiger charge is 2.42. The van der Waals surface area contributed by atoms with E-state index in [4.69, 9.17) is 5.73 Å². The number of thiazole rings is 1. The summed E-state index contributed by atoms with van der Waals surface area (Å²) < 4.78 is 31.0. The van der Waals surface area contributed by atoms with Gasteiger partial charge in [0.05, 0.1) is 26.3 Å². The van der Waals surface area contributed by atoms with Gasteiger partial charge in [0.25, 0.3) is 0 Å². The SMILES string of the molecule is Cn1c(=O)n(C(C)(C(N)=O)c2cncs2)c2cc(S(=O)(=O)NC3(C)CC3)ccc21. The normalized spacial score (nSPS) is 17.9. The van der Waals surface area contributed by atoms with Crippen molar-refractivity contribution in [1.82, 2.24) is 18.8 Å². The number of primary amides is 1. The predicted molar refractivity (Wildman–Crippen MR) is 109 cm³/mol. The minimum atomic E-state index is -3.79. The van der Waals surface area contributed by atoms with Crippen LogP contribution in [0.15, 0.2) is 39.6 Å². The molecule has 9 nitrogen and oxygen atoms in total. The lowest BCUT2D eigenvalue weighted by Crippen LogP contribution is -2.49. The molecule has 2 heterocycles. The van der Waals surface area contributed by atoms with Crippen molar-refractivity contribution in [2.45, 2.75) is 42.7 Å². The molecular formula is C18H21N5O4S2. The first-order valence-electron chi connectivity index (χ1n) is 8.94. The Kier molecular flexibility index (Phi) is 4.27. The molecule has 1 amide bonds. The van der Waals surface area contributed by atoms with Crippen LogP contribution in [0.4, 0.5) is 0 Å². The van der Waals surface area contributed by atoms with E-state index in [1.54, 1.807) is 18.6 Å². The third-order valence-corrected chi connectivity index (χ3v) is 8.18. The molecule has 3 aromatic rings. The second kappa shape index (κ2) is 6.25. The Hall–Kier alpha value is -2.50. The van der Waals surface area contributed by atoms with Gasteiger partial charge in [0.2, 0.25) is 15.9 Å². The van der Waals surface area contributed by atoms with E-state index in [0.717, 1.165) is 12.8 Å². The van der Waals surface area contributed by atoms with Gasteiger partial charge in [0, 0.05) is 18.8 Å². The zero-order chi connectivity index (χ0) is 21.2. The van der Waals surface area contributed by atoms with E-state index < -0.39 is 32.7 Å². The quantitative estimate of drug-likeness (QED) is 0.594. The highest BCUT2D eigenvalue weighted by molar-refractivity contribution is 7.89. The van der Waals surface area contributed by atoms with Crippen molar-refractivity contribution < 1.29 is 13.2 Å². The number of amides is 1. The Morgan fingerprint density at radius 1 is 1.34 bits per heavy atom. The average molecular weight is 436 g/mol. The second-order valence-corrected chi connectivity index (χ2v) is 10.4. The van der Waals surface area contributed by atoms with E-state index in [1.165, 1.54) is 45.7 Å². The summed E-state index contributed by atoms with van der Waals surface area (Å²) in [7, 11) is -2.22. The summed E-state index contributed by atoms with van der Waals surface area (Å²) >= 11 is 1.19. The van der Waals surface area contributed by atoms with E-state index in [0.29, 0.717) is 15.9 Å². The number of sulfonamides is 1. The van der Waals surface area contributed by atoms with Crippen molar-refractivity contribution in [3.05, 3.63) is 45.3 Å². The molecule has 0 bridgehead atoms. The van der Waals surface area contributed by atoms with Crippen LogP contribution in [0.5, 0.6) is 0 Å². The first kappa shape index (κ1) is 19.8. The predicted octanol–water partition coefficient (Wildman–Crippen LogP) is 0.876. The molecular weight excluding hydrogens is 414 g/mol. The van der Waals surface area contributed by atoms with Gasteiger partial charge >= 0.3 is 5.69 Å². The third-order valence-electron chi connectivity index (χ3n) is 5.56. The molecule has 1 aromatic carbocycles. The van der Waals surface area contributed by atoms with Crippen molar-refractivity contribution >= 4 is 38.3 Å². The smallest absolute Gasteiger partial charge is 0.330 e. The molecule has 29 heavy (non-hydrogen) atoms. The fourth-order valence-corrected chi connectivity index (χ4v) is 5.66. The summed E-state index contributed by atoms with van der Waals surface area (Å²) in [6, 6.07) is 4.42. The molecule has 0 aliphatic heterocycles. The number of nitrogens with zero attached hydrogens (tertiary/aromatic N) is 3. The first-order chi connectivity index (χ1) is 13.5. The van der Waals surface area contributed by atoms with Gasteiger partial charge in [-0.05, 0) is 44.9 Å². The molecule has 0 spiro atoms. The number of carbonyl (C=O) groups is 1. The first-order valence-corrected chi connectivity index (χ1v) is 11.3. The summed E-state index contributed by atoms with van der Waals surface area (Å²) in [5.74, 6) is -0.742. The van der Waals surface area contributed by atoms with E-state index in [2.05, 4.69) is 9.71 Å². The summed E-state index contributed by atoms with van der Waals surface area (Å²) in [6.07, 6.45) is 3.03. The van der Waals surface area contributed by atoms with Crippen molar-refractivity contribution in [2.24, 2.45) is 12.8 Å². The fourth-order valence-electron chi connectivity index (χ4n) is 3.39. The van der Waals surface area contributed by atoms with Crippen LogP contribution in [0, 0.1) is 0 Å². The van der Waals surface area contributed by atoms with Gasteiger partial charge in [0.15, 0.2) is 5.54 Å². The maximum absolute atomic E-state index is 13.1. The lowest BCUT2D eigenvalue weighted by molar-refractivity contribution is -0.123. The molecule has 4 rings (SSSR count). The summed E-state index contributed by atoms with van der Waals surface area (Å²) in [6.45, 7) is 3.38. The summed E-state index contributed by atoms with van der Waals surface area (Å²) in [4.78, 5) is 30.1. The monoisotopic (exact) mass is 435 g/mol. The number of nitrogens with two attached hydrogens (primary N) is 1. The van der Waals surface area contributed by atoms with Crippen molar-refractivity contribution in [2.75, 3.05) is 0 Å². The van der Waals surface area contributed by atoms with Crippen LogP contribution in [-0.4, -0.2) is 34.0 Å². The van der Waals surface area contributed by atoms with Crippen molar-refractivity contribution in [3.63, 3.8) is 0 Å². The molecule has 2 aromatic heterocycles.